The maximum Gasteiger partial charge on any atom is 0.00762 e. The van der Waals surface area contributed by atoms with Crippen LogP contribution in [-0.2, 0) is 0 Å². The van der Waals surface area contributed by atoms with Crippen LogP contribution in [0.5, 0.6) is 0 Å². The number of rotatable bonds is 24. The molecule has 0 spiro atoms. The Hall–Kier alpha value is 0.0649. The lowest BCUT2D eigenvalue weighted by Crippen LogP contribution is -2.56. The van der Waals surface area contributed by atoms with E-state index in [9.17, 15) is 0 Å². The molecule has 0 aliphatic heterocycles. The first-order chi connectivity index (χ1) is 16.0. The van der Waals surface area contributed by atoms with E-state index in [1.165, 1.54) is 122 Å². The van der Waals surface area contributed by atoms with Crippen molar-refractivity contribution in [3.05, 3.63) is 0 Å². The molecule has 1 heteroatoms. The van der Waals surface area contributed by atoms with E-state index in [0.717, 1.165) is 0 Å². The van der Waals surface area contributed by atoms with Gasteiger partial charge in [0.25, 0.3) is 0 Å². The van der Waals surface area contributed by atoms with Crippen molar-refractivity contribution >= 4 is 6.15 Å². The SMILES string of the molecule is CCCC[B-](CCCC)(CCCC)C(CCCC)(CCCC)C(CC)(CCCC)CCCC. The van der Waals surface area contributed by atoms with Crippen molar-refractivity contribution in [1.29, 1.82) is 0 Å². The molecule has 0 fully saturated rings. The van der Waals surface area contributed by atoms with E-state index in [0.29, 0.717) is 10.7 Å². The largest absolute Gasteiger partial charge is 0.178 e. The quantitative estimate of drug-likeness (QED) is 0.125. The van der Waals surface area contributed by atoms with E-state index in [-0.39, 0.29) is 6.15 Å². The molecule has 0 aromatic rings. The van der Waals surface area contributed by atoms with Gasteiger partial charge in [0.1, 0.15) is 0 Å². The molecule has 0 aromatic heterocycles. The average molecular weight is 464 g/mol. The summed E-state index contributed by atoms with van der Waals surface area (Å²) in [5.74, 6) is 0. The molecule has 0 atom stereocenters. The summed E-state index contributed by atoms with van der Waals surface area (Å²) in [6.07, 6.45) is 31.6. The van der Waals surface area contributed by atoms with Crippen LogP contribution in [0.2, 0.25) is 24.3 Å². The van der Waals surface area contributed by atoms with Crippen molar-refractivity contribution in [3.8, 4) is 0 Å². The molecule has 0 bridgehead atoms. The van der Waals surface area contributed by atoms with E-state index in [4.69, 9.17) is 0 Å². The molecule has 0 aliphatic rings. The summed E-state index contributed by atoms with van der Waals surface area (Å²) in [6.45, 7) is 19.7. The van der Waals surface area contributed by atoms with Gasteiger partial charge in [-0.05, 0) is 0 Å². The van der Waals surface area contributed by atoms with Gasteiger partial charge in [-0.3, -0.25) is 0 Å². The highest BCUT2D eigenvalue weighted by Gasteiger charge is 2.53. The molecule has 0 heterocycles. The summed E-state index contributed by atoms with van der Waals surface area (Å²) in [5.41, 5.74) is 0.568. The minimum atomic E-state index is -0.357. The number of hydrogen-bond donors (Lipinski definition) is 0. The van der Waals surface area contributed by atoms with Gasteiger partial charge in [0.15, 0.2) is 0 Å². The van der Waals surface area contributed by atoms with Crippen molar-refractivity contribution in [2.75, 3.05) is 0 Å². The van der Waals surface area contributed by atoms with Gasteiger partial charge in [0.2, 0.25) is 0 Å². The van der Waals surface area contributed by atoms with E-state index < -0.39 is 0 Å². The first kappa shape index (κ1) is 33.1. The second-order valence-electron chi connectivity index (χ2n) is 12.1. The summed E-state index contributed by atoms with van der Waals surface area (Å²) in [4.78, 5) is 0. The predicted octanol–water partition coefficient (Wildman–Crippen LogP) is 12.7. The van der Waals surface area contributed by atoms with Crippen LogP contribution in [0.3, 0.4) is 0 Å². The molecule has 0 rings (SSSR count). The molecule has 33 heavy (non-hydrogen) atoms. The first-order valence-electron chi connectivity index (χ1n) is 16.2. The van der Waals surface area contributed by atoms with Crippen LogP contribution in [0.4, 0.5) is 0 Å². The van der Waals surface area contributed by atoms with Crippen molar-refractivity contribution in [2.24, 2.45) is 5.41 Å². The molecule has 0 saturated carbocycles. The van der Waals surface area contributed by atoms with E-state index in [1.54, 1.807) is 19.0 Å². The maximum atomic E-state index is 2.61. The smallest absolute Gasteiger partial charge is 0.00762 e. The predicted molar refractivity (Wildman–Crippen MR) is 158 cm³/mol. The van der Waals surface area contributed by atoms with E-state index in [2.05, 4.69) is 55.4 Å². The van der Waals surface area contributed by atoms with Crippen LogP contribution in [0.25, 0.3) is 0 Å². The Kier molecular flexibility index (Phi) is 19.3. The Morgan fingerprint density at radius 1 is 0.394 bits per heavy atom. The van der Waals surface area contributed by atoms with Crippen molar-refractivity contribution < 1.29 is 0 Å². The van der Waals surface area contributed by atoms with Crippen LogP contribution in [0, 0.1) is 5.41 Å². The zero-order valence-corrected chi connectivity index (χ0v) is 25.1. The lowest BCUT2D eigenvalue weighted by Gasteiger charge is -2.68. The number of unbranched alkanes of at least 4 members (excludes halogenated alkanes) is 7. The fourth-order valence-corrected chi connectivity index (χ4v) is 8.31. The van der Waals surface area contributed by atoms with Crippen LogP contribution in [0.1, 0.15) is 177 Å². The highest BCUT2D eigenvalue weighted by Crippen LogP contribution is 2.68. The van der Waals surface area contributed by atoms with Crippen molar-refractivity contribution in [2.45, 2.75) is 202 Å². The highest BCUT2D eigenvalue weighted by molar-refractivity contribution is 6.83. The third-order valence-corrected chi connectivity index (χ3v) is 10.2. The van der Waals surface area contributed by atoms with Crippen LogP contribution < -0.4 is 0 Å². The monoisotopic (exact) mass is 464 g/mol. The van der Waals surface area contributed by atoms with E-state index >= 15 is 0 Å². The molecule has 0 amide bonds. The first-order valence-corrected chi connectivity index (χ1v) is 16.2. The van der Waals surface area contributed by atoms with Gasteiger partial charge in [0, 0.05) is 6.15 Å². The summed E-state index contributed by atoms with van der Waals surface area (Å²) < 4.78 is 0. The standard InChI is InChI=1S/C32H68B/c1-9-17-24-31(16-8,25-18-10-2)32(26-19-11-3,27-20-12-4)33(28-21-13-5,29-22-14-6)30-23-15-7/h9-30H2,1-8H3/q-1. The second kappa shape index (κ2) is 19.3. The van der Waals surface area contributed by atoms with Crippen LogP contribution >= 0.6 is 0 Å². The molecule has 0 unspecified atom stereocenters. The zero-order valence-electron chi connectivity index (χ0n) is 25.1. The van der Waals surface area contributed by atoms with Gasteiger partial charge < -0.3 is 0 Å². The fourth-order valence-electron chi connectivity index (χ4n) is 8.31. The Balaban J connectivity index is 7.10. The van der Waals surface area contributed by atoms with Gasteiger partial charge in [0.05, 0.1) is 0 Å². The van der Waals surface area contributed by atoms with E-state index in [1.807, 2.05) is 0 Å². The molecule has 200 valence electrons. The second-order valence-corrected chi connectivity index (χ2v) is 12.1. The molecule has 0 N–H and O–H groups in total. The van der Waals surface area contributed by atoms with Crippen LogP contribution in [0.15, 0.2) is 0 Å². The van der Waals surface area contributed by atoms with Gasteiger partial charge in [-0.2, -0.15) is 19.0 Å². The van der Waals surface area contributed by atoms with Gasteiger partial charge >= 0.3 is 0 Å². The summed E-state index contributed by atoms with van der Waals surface area (Å²) >= 11 is 0. The average Bonchev–Trinajstić information content (AvgIpc) is 2.85. The van der Waals surface area contributed by atoms with Crippen LogP contribution in [-0.4, -0.2) is 6.15 Å². The van der Waals surface area contributed by atoms with Gasteiger partial charge in [-0.25, -0.2) is 0 Å². The molecular formula is C32H68B-. The molecule has 0 aliphatic carbocycles. The minimum Gasteiger partial charge on any atom is -0.178 e. The third-order valence-electron chi connectivity index (χ3n) is 10.2. The van der Waals surface area contributed by atoms with Crippen molar-refractivity contribution in [1.82, 2.24) is 0 Å². The Labute approximate surface area is 213 Å². The minimum absolute atomic E-state index is 0.357. The normalized spacial score (nSPS) is 13.1. The Morgan fingerprint density at radius 2 is 0.697 bits per heavy atom. The topological polar surface area (TPSA) is 0 Å². The third kappa shape index (κ3) is 9.22. The van der Waals surface area contributed by atoms with Gasteiger partial charge in [-0.1, -0.05) is 183 Å². The maximum absolute atomic E-state index is 2.61. The number of hydrogen-bond acceptors (Lipinski definition) is 0. The Morgan fingerprint density at radius 3 is 0.970 bits per heavy atom. The lowest BCUT2D eigenvalue weighted by atomic mass is 9.04. The zero-order chi connectivity index (χ0) is 25.1. The molecule has 0 saturated heterocycles. The Bertz CT molecular complexity index is 388. The summed E-state index contributed by atoms with van der Waals surface area (Å²) in [7, 11) is 0. The van der Waals surface area contributed by atoms with Gasteiger partial charge in [-0.15, -0.1) is 5.31 Å². The highest BCUT2D eigenvalue weighted by atomic mass is 14.5. The summed E-state index contributed by atoms with van der Waals surface area (Å²) in [5, 5.41) is 0.595. The lowest BCUT2D eigenvalue weighted by molar-refractivity contribution is 0.0978. The molecule has 0 radical (unpaired) electrons. The van der Waals surface area contributed by atoms with Crippen molar-refractivity contribution in [3.63, 3.8) is 0 Å². The molecule has 0 aromatic carbocycles. The fraction of sp³-hybridized carbons (Fsp3) is 1.00. The molecular weight excluding hydrogens is 395 g/mol. The molecule has 0 nitrogen and oxygen atoms in total. The summed E-state index contributed by atoms with van der Waals surface area (Å²) in [6, 6.07) is 0.